The van der Waals surface area contributed by atoms with Crippen LogP contribution in [0.3, 0.4) is 0 Å². The molecule has 1 aromatic rings. The SMILES string of the molecule is NC1CC2OC1c1c2c(O)n(CC(=O)NC23CC4CC(CC(C4)O2)C3)c1O. The van der Waals surface area contributed by atoms with Gasteiger partial charge in [0, 0.05) is 6.04 Å². The lowest BCUT2D eigenvalue weighted by Gasteiger charge is -2.56. The second kappa shape index (κ2) is 5.18. The molecule has 3 saturated heterocycles. The minimum atomic E-state index is -0.572. The van der Waals surface area contributed by atoms with Crippen molar-refractivity contribution in [2.75, 3.05) is 0 Å². The van der Waals surface area contributed by atoms with Crippen LogP contribution in [0.15, 0.2) is 0 Å². The van der Waals surface area contributed by atoms with Crippen LogP contribution in [0.5, 0.6) is 11.8 Å². The molecule has 0 spiro atoms. The van der Waals surface area contributed by atoms with Crippen molar-refractivity contribution in [2.24, 2.45) is 17.6 Å². The Morgan fingerprint density at radius 2 is 1.85 bits per heavy atom. The molecule has 5 N–H and O–H groups in total. The summed E-state index contributed by atoms with van der Waals surface area (Å²) in [4.78, 5) is 12.8. The molecule has 8 nitrogen and oxygen atoms in total. The number of carbonyl (C=O) groups excluding carboxylic acids is 1. The van der Waals surface area contributed by atoms with Crippen LogP contribution in [0, 0.1) is 11.8 Å². The molecule has 5 fully saturated rings. The van der Waals surface area contributed by atoms with Gasteiger partial charge in [-0.1, -0.05) is 0 Å². The highest BCUT2D eigenvalue weighted by atomic mass is 16.5. The maximum absolute atomic E-state index is 12.8. The summed E-state index contributed by atoms with van der Waals surface area (Å²) in [5.74, 6) is 0.787. The number of hydrogen-bond acceptors (Lipinski definition) is 6. The van der Waals surface area contributed by atoms with Crippen molar-refractivity contribution in [1.82, 2.24) is 9.88 Å². The molecule has 8 heteroatoms. The predicted molar refractivity (Wildman–Crippen MR) is 92.7 cm³/mol. The Bertz CT molecular complexity index is 799. The summed E-state index contributed by atoms with van der Waals surface area (Å²) in [5, 5.41) is 24.3. The largest absolute Gasteiger partial charge is 0.494 e. The summed E-state index contributed by atoms with van der Waals surface area (Å²) >= 11 is 0. The minimum absolute atomic E-state index is 0.0940. The summed E-state index contributed by atoms with van der Waals surface area (Å²) in [7, 11) is 0. The van der Waals surface area contributed by atoms with Gasteiger partial charge in [-0.3, -0.25) is 9.36 Å². The van der Waals surface area contributed by atoms with Crippen molar-refractivity contribution < 1.29 is 24.5 Å². The summed E-state index contributed by atoms with van der Waals surface area (Å²) in [6, 6.07) is -0.196. The molecule has 1 aromatic heterocycles. The lowest BCUT2D eigenvalue weighted by Crippen LogP contribution is -2.63. The first-order valence-electron chi connectivity index (χ1n) is 9.96. The van der Waals surface area contributed by atoms with Gasteiger partial charge in [0.1, 0.15) is 18.4 Å². The van der Waals surface area contributed by atoms with Crippen molar-refractivity contribution in [3.63, 3.8) is 0 Å². The average molecular weight is 375 g/mol. The number of nitrogens with one attached hydrogen (secondary N) is 1. The Balaban J connectivity index is 1.24. The number of hydrogen-bond donors (Lipinski definition) is 4. The van der Waals surface area contributed by atoms with Crippen molar-refractivity contribution in [1.29, 1.82) is 0 Å². The summed E-state index contributed by atoms with van der Waals surface area (Å²) in [6.07, 6.45) is 5.31. The quantitative estimate of drug-likeness (QED) is 0.630. The Labute approximate surface area is 156 Å². The van der Waals surface area contributed by atoms with E-state index in [0.29, 0.717) is 29.4 Å². The van der Waals surface area contributed by atoms with E-state index in [9.17, 15) is 15.0 Å². The van der Waals surface area contributed by atoms with Crippen LogP contribution in [0.2, 0.25) is 0 Å². The van der Waals surface area contributed by atoms with Gasteiger partial charge in [-0.25, -0.2) is 0 Å². The van der Waals surface area contributed by atoms with Gasteiger partial charge in [0.25, 0.3) is 0 Å². The smallest absolute Gasteiger partial charge is 0.242 e. The first kappa shape index (κ1) is 16.2. The van der Waals surface area contributed by atoms with E-state index >= 15 is 0 Å². The monoisotopic (exact) mass is 375 g/mol. The normalized spacial score (nSPS) is 43.3. The van der Waals surface area contributed by atoms with E-state index in [-0.39, 0.29) is 42.5 Å². The average Bonchev–Trinajstić information content (AvgIpc) is 3.20. The zero-order chi connectivity index (χ0) is 18.5. The Morgan fingerprint density at radius 3 is 2.56 bits per heavy atom. The molecule has 2 aliphatic carbocycles. The van der Waals surface area contributed by atoms with E-state index in [1.54, 1.807) is 0 Å². The van der Waals surface area contributed by atoms with E-state index in [1.165, 1.54) is 11.0 Å². The summed E-state index contributed by atoms with van der Waals surface area (Å²) in [5.41, 5.74) is 6.58. The molecular weight excluding hydrogens is 350 g/mol. The highest BCUT2D eigenvalue weighted by Crippen LogP contribution is 2.57. The summed E-state index contributed by atoms with van der Waals surface area (Å²) < 4.78 is 13.2. The topological polar surface area (TPSA) is 119 Å². The number of fused-ring (bicyclic) bond motifs is 5. The maximum atomic E-state index is 12.8. The molecule has 0 radical (unpaired) electrons. The maximum Gasteiger partial charge on any atom is 0.242 e. The van der Waals surface area contributed by atoms with E-state index in [2.05, 4.69) is 5.32 Å². The van der Waals surface area contributed by atoms with Crippen LogP contribution < -0.4 is 11.1 Å². The third-order valence-electron chi connectivity index (χ3n) is 7.23. The molecule has 6 bridgehead atoms. The third kappa shape index (κ3) is 2.17. The van der Waals surface area contributed by atoms with Crippen LogP contribution in [0.1, 0.15) is 61.9 Å². The van der Waals surface area contributed by atoms with Gasteiger partial charge in [0.15, 0.2) is 0 Å². The Morgan fingerprint density at radius 1 is 1.15 bits per heavy atom. The number of aromatic hydroxyl groups is 2. The van der Waals surface area contributed by atoms with Gasteiger partial charge in [-0.2, -0.15) is 0 Å². The predicted octanol–water partition coefficient (Wildman–Crippen LogP) is 1.16. The molecule has 27 heavy (non-hydrogen) atoms. The molecule has 6 aliphatic rings. The third-order valence-corrected chi connectivity index (χ3v) is 7.23. The molecule has 1 amide bonds. The standard InChI is InChI=1S/C19H25N3O5/c20-11-4-12-14-15(16(11)26-12)18(25)22(17(14)24)7-13(23)21-19-5-8-1-9(6-19)3-10(2-8)27-19/h8-12,16,24-25H,1-7,20H2,(H,21,23). The number of rotatable bonds is 3. The number of ether oxygens (including phenoxy) is 2. The van der Waals surface area contributed by atoms with Crippen molar-refractivity contribution in [2.45, 2.75) is 75.1 Å². The number of amides is 1. The number of nitrogens with zero attached hydrogens (tertiary/aromatic N) is 1. The second-order valence-electron chi connectivity index (χ2n) is 9.14. The molecule has 0 aromatic carbocycles. The van der Waals surface area contributed by atoms with Crippen molar-refractivity contribution >= 4 is 5.91 Å². The van der Waals surface area contributed by atoms with Crippen molar-refractivity contribution in [3.8, 4) is 11.8 Å². The molecule has 7 rings (SSSR count). The number of nitrogens with two attached hydrogens (primary N) is 1. The van der Waals surface area contributed by atoms with E-state index in [0.717, 1.165) is 25.7 Å². The lowest BCUT2D eigenvalue weighted by molar-refractivity contribution is -0.233. The fourth-order valence-electron chi connectivity index (χ4n) is 6.49. The molecule has 5 unspecified atom stereocenters. The van der Waals surface area contributed by atoms with E-state index in [4.69, 9.17) is 15.2 Å². The zero-order valence-corrected chi connectivity index (χ0v) is 15.1. The Kier molecular flexibility index (Phi) is 3.11. The van der Waals surface area contributed by atoms with Crippen molar-refractivity contribution in [3.05, 3.63) is 11.1 Å². The van der Waals surface area contributed by atoms with Crippen LogP contribution in [0.25, 0.3) is 0 Å². The van der Waals surface area contributed by atoms with Crippen LogP contribution in [0.4, 0.5) is 0 Å². The number of aromatic nitrogens is 1. The first-order chi connectivity index (χ1) is 12.9. The van der Waals surface area contributed by atoms with Gasteiger partial charge in [0.05, 0.1) is 23.3 Å². The highest BCUT2D eigenvalue weighted by Gasteiger charge is 2.53. The van der Waals surface area contributed by atoms with Crippen LogP contribution in [-0.2, 0) is 20.8 Å². The van der Waals surface area contributed by atoms with Crippen LogP contribution >= 0.6 is 0 Å². The lowest BCUT2D eigenvalue weighted by atomic mass is 9.65. The van der Waals surface area contributed by atoms with Gasteiger partial charge >= 0.3 is 0 Å². The fourth-order valence-corrected chi connectivity index (χ4v) is 6.49. The van der Waals surface area contributed by atoms with Crippen LogP contribution in [-0.4, -0.2) is 38.6 Å². The van der Waals surface area contributed by atoms with Gasteiger partial charge in [0.2, 0.25) is 17.7 Å². The summed E-state index contributed by atoms with van der Waals surface area (Å²) in [6.45, 7) is -0.148. The molecule has 2 saturated carbocycles. The first-order valence-corrected chi connectivity index (χ1v) is 9.96. The number of carbonyl (C=O) groups is 1. The molecule has 4 aliphatic heterocycles. The molecule has 5 atom stereocenters. The van der Waals surface area contributed by atoms with E-state index in [1.807, 2.05) is 0 Å². The van der Waals surface area contributed by atoms with Gasteiger partial charge in [-0.15, -0.1) is 0 Å². The van der Waals surface area contributed by atoms with Gasteiger partial charge < -0.3 is 30.7 Å². The fraction of sp³-hybridized carbons (Fsp3) is 0.737. The molecule has 5 heterocycles. The van der Waals surface area contributed by atoms with E-state index < -0.39 is 11.8 Å². The second-order valence-corrected chi connectivity index (χ2v) is 9.14. The minimum Gasteiger partial charge on any atom is -0.494 e. The zero-order valence-electron chi connectivity index (χ0n) is 15.1. The molecule has 146 valence electrons. The highest BCUT2D eigenvalue weighted by molar-refractivity contribution is 5.77. The molecular formula is C19H25N3O5. The Hall–Kier alpha value is -1.77. The van der Waals surface area contributed by atoms with Gasteiger partial charge in [-0.05, 0) is 50.4 Å².